The molecule has 3 heterocycles. The van der Waals surface area contributed by atoms with E-state index >= 15 is 0 Å². The van der Waals surface area contributed by atoms with Gasteiger partial charge in [0.2, 0.25) is 0 Å². The molecule has 1 aliphatic rings. The first-order valence-corrected chi connectivity index (χ1v) is 13.4. The average molecular weight is 518 g/mol. The smallest absolute Gasteiger partial charge is 0.126 e. The van der Waals surface area contributed by atoms with Crippen LogP contribution in [0.15, 0.2) is 74.4 Å². The van der Waals surface area contributed by atoms with Gasteiger partial charge < -0.3 is 10.6 Å². The van der Waals surface area contributed by atoms with Gasteiger partial charge in [0, 0.05) is 43.9 Å². The molecule has 4 rings (SSSR count). The van der Waals surface area contributed by atoms with Crippen LogP contribution in [0, 0.1) is 18.8 Å². The van der Waals surface area contributed by atoms with E-state index < -0.39 is 0 Å². The quantitative estimate of drug-likeness (QED) is 0.291. The number of hydrogen-bond acceptors (Lipinski definition) is 5. The second-order valence-corrected chi connectivity index (χ2v) is 9.05. The summed E-state index contributed by atoms with van der Waals surface area (Å²) in [5.74, 6) is 3.39. The summed E-state index contributed by atoms with van der Waals surface area (Å²) in [6.07, 6.45) is 13.4. The van der Waals surface area contributed by atoms with Crippen molar-refractivity contribution in [3.63, 3.8) is 0 Å². The van der Waals surface area contributed by atoms with Gasteiger partial charge in [-0.2, -0.15) is 0 Å². The summed E-state index contributed by atoms with van der Waals surface area (Å²) in [5.41, 5.74) is 5.68. The van der Waals surface area contributed by atoms with Crippen molar-refractivity contribution in [3.05, 3.63) is 85.5 Å². The van der Waals surface area contributed by atoms with Gasteiger partial charge in [0.25, 0.3) is 0 Å². The van der Waals surface area contributed by atoms with Crippen molar-refractivity contribution in [1.29, 1.82) is 0 Å². The van der Waals surface area contributed by atoms with Crippen LogP contribution in [0.25, 0.3) is 16.7 Å². The Kier molecular flexibility index (Phi) is 17.8. The minimum absolute atomic E-state index is 0. The fourth-order valence-electron chi connectivity index (χ4n) is 3.04. The van der Waals surface area contributed by atoms with Crippen LogP contribution in [0.3, 0.4) is 0 Å². The third-order valence-corrected chi connectivity index (χ3v) is 5.89. The second-order valence-electron chi connectivity index (χ2n) is 9.05. The van der Waals surface area contributed by atoms with Crippen molar-refractivity contribution in [2.24, 2.45) is 11.8 Å². The third-order valence-electron chi connectivity index (χ3n) is 5.89. The number of aryl methyl sites for hydroxylation is 1. The molecule has 2 N–H and O–H groups in total. The van der Waals surface area contributed by atoms with Crippen molar-refractivity contribution in [2.45, 2.75) is 68.2 Å². The van der Waals surface area contributed by atoms with E-state index in [0.717, 1.165) is 40.8 Å². The number of allylic oxidation sites excluding steroid dienone is 2. The summed E-state index contributed by atoms with van der Waals surface area (Å²) in [4.78, 5) is 12.7. The van der Waals surface area contributed by atoms with Crippen LogP contribution in [0.4, 0.5) is 11.6 Å². The predicted molar refractivity (Wildman–Crippen MR) is 170 cm³/mol. The molecule has 1 saturated carbocycles. The summed E-state index contributed by atoms with van der Waals surface area (Å²) in [7, 11) is 1.85. The summed E-state index contributed by atoms with van der Waals surface area (Å²) in [6.45, 7) is 20.9. The largest absolute Gasteiger partial charge is 0.373 e. The number of nitrogens with zero attached hydrogens (tertiary/aromatic N) is 3. The van der Waals surface area contributed by atoms with Gasteiger partial charge >= 0.3 is 0 Å². The van der Waals surface area contributed by atoms with E-state index in [1.807, 2.05) is 76.8 Å². The maximum absolute atomic E-state index is 4.47. The Balaban J connectivity index is 0.000000607. The maximum Gasteiger partial charge on any atom is 0.126 e. The number of nitrogens with one attached hydrogen (secondary N) is 2. The highest BCUT2D eigenvalue weighted by Gasteiger charge is 2.15. The Morgan fingerprint density at radius 2 is 1.79 bits per heavy atom. The summed E-state index contributed by atoms with van der Waals surface area (Å²) in [6, 6.07) is 10.1. The van der Waals surface area contributed by atoms with Crippen molar-refractivity contribution < 1.29 is 0 Å². The number of hydrogen-bond donors (Lipinski definition) is 2. The molecule has 0 saturated heterocycles. The van der Waals surface area contributed by atoms with Gasteiger partial charge in [-0.1, -0.05) is 59.8 Å². The lowest BCUT2D eigenvalue weighted by Gasteiger charge is -2.11. The average Bonchev–Trinajstić information content (AvgIpc) is 3.79. The standard InChI is InChI=1S/C16H21N3.C9H12N2.C5H8.C2H6.CH4/c1-4-12(2)9-18-16-6-5-14(11-19-16)15-7-8-17-10-13(15)3;1-7(2)8-4-5-11-9(6-8)10-3;1-2-5-3-4-5;1-2;/h5-8,10-12H,4,9H2,1-3H3,(H,18,19);4-6H,1H2,2-3H3,(H,10,11);2,5H,1,3-4H2;1-2H3;1H4. The first kappa shape index (κ1) is 34.5. The lowest BCUT2D eigenvalue weighted by Crippen LogP contribution is -2.11. The Hall–Kier alpha value is -3.47. The third kappa shape index (κ3) is 13.2. The van der Waals surface area contributed by atoms with Crippen LogP contribution in [0.2, 0.25) is 0 Å². The lowest BCUT2D eigenvalue weighted by atomic mass is 10.0. The number of anilines is 2. The highest BCUT2D eigenvalue weighted by molar-refractivity contribution is 5.66. The van der Waals surface area contributed by atoms with Gasteiger partial charge in [-0.15, -0.1) is 6.58 Å². The van der Waals surface area contributed by atoms with E-state index in [2.05, 4.69) is 65.6 Å². The molecule has 5 heteroatoms. The van der Waals surface area contributed by atoms with Crippen molar-refractivity contribution in [3.8, 4) is 11.1 Å². The second kappa shape index (κ2) is 19.6. The molecular weight excluding hydrogens is 466 g/mol. The zero-order valence-corrected chi connectivity index (χ0v) is 24.0. The van der Waals surface area contributed by atoms with Crippen LogP contribution >= 0.6 is 0 Å². The molecule has 5 nitrogen and oxygen atoms in total. The Bertz CT molecular complexity index is 1050. The van der Waals surface area contributed by atoms with E-state index in [1.165, 1.54) is 30.4 Å². The summed E-state index contributed by atoms with van der Waals surface area (Å²) >= 11 is 0. The molecule has 3 aromatic heterocycles. The molecule has 0 radical (unpaired) electrons. The fraction of sp³-hybridized carbons (Fsp3) is 0.424. The van der Waals surface area contributed by atoms with E-state index in [0.29, 0.717) is 5.92 Å². The molecule has 1 fully saturated rings. The molecule has 1 atom stereocenters. The molecule has 38 heavy (non-hydrogen) atoms. The van der Waals surface area contributed by atoms with Crippen LogP contribution in [0.1, 0.15) is 72.4 Å². The molecule has 1 aliphatic carbocycles. The monoisotopic (exact) mass is 517 g/mol. The Morgan fingerprint density at radius 3 is 2.26 bits per heavy atom. The lowest BCUT2D eigenvalue weighted by molar-refractivity contribution is 0.592. The Labute approximate surface area is 233 Å². The van der Waals surface area contributed by atoms with Crippen molar-refractivity contribution >= 4 is 17.2 Å². The molecule has 208 valence electrons. The Morgan fingerprint density at radius 1 is 1.08 bits per heavy atom. The van der Waals surface area contributed by atoms with E-state index in [4.69, 9.17) is 0 Å². The SMILES string of the molecule is C.C=C(C)c1ccnc(NC)c1.C=CC1CC1.CC.CCC(C)CNc1ccc(-c2ccncc2C)cn1. The van der Waals surface area contributed by atoms with Crippen molar-refractivity contribution in [2.75, 3.05) is 24.2 Å². The maximum atomic E-state index is 4.47. The molecule has 3 aromatic rings. The zero-order chi connectivity index (χ0) is 27.6. The van der Waals surface area contributed by atoms with Crippen LogP contribution in [0.5, 0.6) is 0 Å². The minimum Gasteiger partial charge on any atom is -0.373 e. The highest BCUT2D eigenvalue weighted by atomic mass is 15.0. The molecule has 0 bridgehead atoms. The number of pyridine rings is 3. The predicted octanol–water partition coefficient (Wildman–Crippen LogP) is 9.31. The first-order valence-electron chi connectivity index (χ1n) is 13.4. The van der Waals surface area contributed by atoms with Gasteiger partial charge in [0.05, 0.1) is 0 Å². The summed E-state index contributed by atoms with van der Waals surface area (Å²) in [5, 5.41) is 6.34. The molecule has 1 unspecified atom stereocenters. The van der Waals surface area contributed by atoms with Crippen LogP contribution < -0.4 is 10.6 Å². The molecule has 0 aliphatic heterocycles. The number of rotatable bonds is 8. The van der Waals surface area contributed by atoms with Gasteiger partial charge in [-0.25, -0.2) is 9.97 Å². The summed E-state index contributed by atoms with van der Waals surface area (Å²) < 4.78 is 0. The number of aromatic nitrogens is 3. The molecular formula is C33H51N5. The van der Waals surface area contributed by atoms with Gasteiger partial charge in [-0.05, 0) is 85.5 Å². The van der Waals surface area contributed by atoms with Gasteiger partial charge in [0.1, 0.15) is 11.6 Å². The molecule has 0 spiro atoms. The molecule has 0 aromatic carbocycles. The van der Waals surface area contributed by atoms with Crippen LogP contribution in [-0.2, 0) is 0 Å². The van der Waals surface area contributed by atoms with Crippen molar-refractivity contribution in [1.82, 2.24) is 15.0 Å². The van der Waals surface area contributed by atoms with E-state index in [1.54, 1.807) is 6.20 Å². The topological polar surface area (TPSA) is 62.7 Å². The molecule has 0 amide bonds. The first-order chi connectivity index (χ1) is 17.9. The zero-order valence-electron chi connectivity index (χ0n) is 24.0. The van der Waals surface area contributed by atoms with Gasteiger partial charge in [-0.3, -0.25) is 4.98 Å². The normalized spacial score (nSPS) is 11.9. The van der Waals surface area contributed by atoms with E-state index in [9.17, 15) is 0 Å². The minimum atomic E-state index is 0. The van der Waals surface area contributed by atoms with Gasteiger partial charge in [0.15, 0.2) is 0 Å². The highest BCUT2D eigenvalue weighted by Crippen LogP contribution is 2.29. The van der Waals surface area contributed by atoms with Crippen LogP contribution in [-0.4, -0.2) is 28.5 Å². The fourth-order valence-corrected chi connectivity index (χ4v) is 3.04. The van der Waals surface area contributed by atoms with E-state index in [-0.39, 0.29) is 7.43 Å².